The van der Waals surface area contributed by atoms with Crippen molar-refractivity contribution in [2.75, 3.05) is 5.32 Å². The number of allylic oxidation sites excluding steroid dienone is 2. The van der Waals surface area contributed by atoms with Crippen LogP contribution in [0.25, 0.3) is 0 Å². The molecule has 1 aromatic carbocycles. The van der Waals surface area contributed by atoms with Gasteiger partial charge in [0.05, 0.1) is 11.7 Å². The van der Waals surface area contributed by atoms with Gasteiger partial charge in [-0.05, 0) is 60.7 Å². The van der Waals surface area contributed by atoms with Gasteiger partial charge in [-0.25, -0.2) is 9.67 Å². The molecular weight excluding hydrogens is 464 g/mol. The van der Waals surface area contributed by atoms with E-state index in [-0.39, 0.29) is 23.9 Å². The Bertz CT molecular complexity index is 1320. The number of carbonyl (C=O) groups excluding carboxylic acids is 2. The highest BCUT2D eigenvalue weighted by Crippen LogP contribution is 2.29. The lowest BCUT2D eigenvalue weighted by atomic mass is 9.99. The van der Waals surface area contributed by atoms with E-state index in [0.717, 1.165) is 41.2 Å². The monoisotopic (exact) mass is 490 g/mol. The van der Waals surface area contributed by atoms with Crippen molar-refractivity contribution < 1.29 is 9.59 Å². The second-order valence-electron chi connectivity index (χ2n) is 8.72. The van der Waals surface area contributed by atoms with E-state index < -0.39 is 0 Å². The summed E-state index contributed by atoms with van der Waals surface area (Å²) in [6.07, 6.45) is 8.80. The first kappa shape index (κ1) is 23.1. The standard InChI is InChI=1S/C24H26N8O2S/c1-14-29-30-31-32(14)19-8-5-16(6-9-19)22(33)26-13-15-3-2-4-17(11-15)23(34)28-24-27-20-10-7-18(25)12-21(20)35-24/h2-6,8,11,18-19H,7,9-10,12-13,25H2,1H3,(H,26,33)(H,27,28,34)/t18-,19?/m0/s1. The van der Waals surface area contributed by atoms with Crippen molar-refractivity contribution >= 4 is 28.3 Å². The van der Waals surface area contributed by atoms with Crippen LogP contribution in [0, 0.1) is 6.92 Å². The molecule has 35 heavy (non-hydrogen) atoms. The Morgan fingerprint density at radius 1 is 1.29 bits per heavy atom. The third kappa shape index (κ3) is 5.20. The molecule has 1 unspecified atom stereocenters. The van der Waals surface area contributed by atoms with Crippen LogP contribution < -0.4 is 16.4 Å². The summed E-state index contributed by atoms with van der Waals surface area (Å²) in [6.45, 7) is 2.15. The quantitative estimate of drug-likeness (QED) is 0.481. The summed E-state index contributed by atoms with van der Waals surface area (Å²) in [4.78, 5) is 31.1. The molecule has 5 rings (SSSR count). The lowest BCUT2D eigenvalue weighted by molar-refractivity contribution is -0.117. The summed E-state index contributed by atoms with van der Waals surface area (Å²) >= 11 is 1.49. The van der Waals surface area contributed by atoms with Crippen molar-refractivity contribution in [3.63, 3.8) is 0 Å². The number of tetrazole rings is 1. The molecule has 0 aliphatic heterocycles. The molecular formula is C24H26N8O2S. The zero-order valence-electron chi connectivity index (χ0n) is 19.3. The van der Waals surface area contributed by atoms with Crippen LogP contribution in [0.5, 0.6) is 0 Å². The minimum absolute atomic E-state index is 0.00291. The number of rotatable bonds is 6. The number of hydrogen-bond donors (Lipinski definition) is 3. The first-order chi connectivity index (χ1) is 17.0. The Morgan fingerprint density at radius 2 is 2.17 bits per heavy atom. The highest BCUT2D eigenvalue weighted by molar-refractivity contribution is 7.15. The zero-order chi connectivity index (χ0) is 24.4. The topological polar surface area (TPSA) is 141 Å². The smallest absolute Gasteiger partial charge is 0.257 e. The van der Waals surface area contributed by atoms with Crippen LogP contribution in [0.2, 0.25) is 0 Å². The number of aryl methyl sites for hydroxylation is 2. The summed E-state index contributed by atoms with van der Waals surface area (Å²) < 4.78 is 1.73. The van der Waals surface area contributed by atoms with Crippen molar-refractivity contribution in [2.24, 2.45) is 5.73 Å². The molecule has 2 aromatic heterocycles. The molecule has 0 bridgehead atoms. The maximum Gasteiger partial charge on any atom is 0.257 e. The molecule has 3 aromatic rings. The Balaban J connectivity index is 1.16. The number of nitrogens with one attached hydrogen (secondary N) is 2. The summed E-state index contributed by atoms with van der Waals surface area (Å²) in [5.74, 6) is 0.327. The van der Waals surface area contributed by atoms with Crippen LogP contribution in [0.4, 0.5) is 5.13 Å². The van der Waals surface area contributed by atoms with Gasteiger partial charge in [-0.1, -0.05) is 30.4 Å². The Kier molecular flexibility index (Phi) is 6.51. The van der Waals surface area contributed by atoms with Gasteiger partial charge in [0.15, 0.2) is 5.13 Å². The van der Waals surface area contributed by atoms with Gasteiger partial charge in [-0.2, -0.15) is 0 Å². The first-order valence-electron chi connectivity index (χ1n) is 11.5. The Labute approximate surface area is 206 Å². The van der Waals surface area contributed by atoms with Crippen molar-refractivity contribution in [3.05, 3.63) is 75.6 Å². The minimum atomic E-state index is -0.226. The maximum atomic E-state index is 12.8. The zero-order valence-corrected chi connectivity index (χ0v) is 20.1. The van der Waals surface area contributed by atoms with Crippen LogP contribution in [0.15, 0.2) is 48.1 Å². The van der Waals surface area contributed by atoms with Crippen molar-refractivity contribution in [1.29, 1.82) is 0 Å². The lowest BCUT2D eigenvalue weighted by Crippen LogP contribution is -2.27. The summed E-state index contributed by atoms with van der Waals surface area (Å²) in [5, 5.41) is 18.0. The normalized spacial score (nSPS) is 19.1. The van der Waals surface area contributed by atoms with E-state index >= 15 is 0 Å². The van der Waals surface area contributed by atoms with E-state index in [0.29, 0.717) is 29.2 Å². The first-order valence-corrected chi connectivity index (χ1v) is 12.3. The minimum Gasteiger partial charge on any atom is -0.348 e. The maximum absolute atomic E-state index is 12.8. The molecule has 0 fully saturated rings. The number of aromatic nitrogens is 5. The Morgan fingerprint density at radius 3 is 2.94 bits per heavy atom. The van der Waals surface area contributed by atoms with E-state index in [1.165, 1.54) is 11.3 Å². The number of thiazole rings is 1. The average Bonchev–Trinajstić information content (AvgIpc) is 3.47. The molecule has 4 N–H and O–H groups in total. The number of benzene rings is 1. The number of fused-ring (bicyclic) bond motifs is 1. The summed E-state index contributed by atoms with van der Waals surface area (Å²) in [5.41, 5.74) is 9.01. The van der Waals surface area contributed by atoms with Crippen molar-refractivity contribution in [3.8, 4) is 0 Å². The van der Waals surface area contributed by atoms with Crippen LogP contribution in [0.1, 0.15) is 51.2 Å². The molecule has 0 spiro atoms. The molecule has 2 aliphatic carbocycles. The lowest BCUT2D eigenvalue weighted by Gasteiger charge is -2.16. The van der Waals surface area contributed by atoms with E-state index in [9.17, 15) is 9.59 Å². The summed E-state index contributed by atoms with van der Waals surface area (Å²) in [6, 6.07) is 7.37. The number of nitrogens with zero attached hydrogens (tertiary/aromatic N) is 5. The average molecular weight is 491 g/mol. The highest BCUT2D eigenvalue weighted by Gasteiger charge is 2.21. The molecule has 0 radical (unpaired) electrons. The number of anilines is 1. The molecule has 2 amide bonds. The molecule has 0 saturated heterocycles. The predicted molar refractivity (Wildman–Crippen MR) is 132 cm³/mol. The van der Waals surface area contributed by atoms with Gasteiger partial charge in [0.1, 0.15) is 5.82 Å². The fourth-order valence-electron chi connectivity index (χ4n) is 4.23. The predicted octanol–water partition coefficient (Wildman–Crippen LogP) is 2.25. The van der Waals surface area contributed by atoms with Crippen LogP contribution in [0.3, 0.4) is 0 Å². The SMILES string of the molecule is Cc1nnnn1C1C=CC(C(=O)NCc2cccc(C(=O)Nc3nc4c(s3)C[C@@H](N)CC4)c2)=CC1. The Hall–Kier alpha value is -3.70. The van der Waals surface area contributed by atoms with Gasteiger partial charge >= 0.3 is 0 Å². The van der Waals surface area contributed by atoms with Gasteiger partial charge < -0.3 is 11.1 Å². The second kappa shape index (κ2) is 9.88. The van der Waals surface area contributed by atoms with Gasteiger partial charge in [0.25, 0.3) is 11.8 Å². The van der Waals surface area contributed by atoms with Crippen LogP contribution in [-0.4, -0.2) is 43.0 Å². The fourth-order valence-corrected chi connectivity index (χ4v) is 5.33. The van der Waals surface area contributed by atoms with Gasteiger partial charge in [-0.15, -0.1) is 16.4 Å². The highest BCUT2D eigenvalue weighted by atomic mass is 32.1. The molecule has 2 atom stereocenters. The second-order valence-corrected chi connectivity index (χ2v) is 9.80. The number of carbonyl (C=O) groups is 2. The number of hydrogen-bond acceptors (Lipinski definition) is 8. The van der Waals surface area contributed by atoms with Gasteiger partial charge in [-0.3, -0.25) is 14.9 Å². The summed E-state index contributed by atoms with van der Waals surface area (Å²) in [7, 11) is 0. The number of nitrogens with two attached hydrogens (primary N) is 1. The third-order valence-corrected chi connectivity index (χ3v) is 7.19. The largest absolute Gasteiger partial charge is 0.348 e. The van der Waals surface area contributed by atoms with E-state index in [2.05, 4.69) is 31.1 Å². The van der Waals surface area contributed by atoms with E-state index in [4.69, 9.17) is 5.73 Å². The van der Waals surface area contributed by atoms with Crippen LogP contribution >= 0.6 is 11.3 Å². The van der Waals surface area contributed by atoms with E-state index in [1.54, 1.807) is 29.0 Å². The molecule has 11 heteroatoms. The van der Waals surface area contributed by atoms with Crippen LogP contribution in [-0.2, 0) is 24.2 Å². The van der Waals surface area contributed by atoms with Crippen molar-refractivity contribution in [1.82, 2.24) is 30.5 Å². The number of amides is 2. The van der Waals surface area contributed by atoms with Gasteiger partial charge in [0, 0.05) is 28.6 Å². The van der Waals surface area contributed by atoms with E-state index in [1.807, 2.05) is 25.1 Å². The third-order valence-electron chi connectivity index (χ3n) is 6.15. The van der Waals surface area contributed by atoms with Gasteiger partial charge in [0.2, 0.25) is 0 Å². The molecule has 0 saturated carbocycles. The fraction of sp³-hybridized carbons (Fsp3) is 0.333. The molecule has 2 heterocycles. The molecule has 2 aliphatic rings. The molecule has 10 nitrogen and oxygen atoms in total. The molecule has 180 valence electrons. The van der Waals surface area contributed by atoms with Crippen molar-refractivity contribution in [2.45, 2.75) is 51.2 Å².